The molecule has 0 saturated carbocycles. The normalized spacial score (nSPS) is 10.4. The van der Waals surface area contributed by atoms with Crippen LogP contribution < -0.4 is 14.8 Å². The number of methoxy groups -OCH3 is 2. The number of rotatable bonds is 5. The lowest BCUT2D eigenvalue weighted by molar-refractivity contribution is 0.0698. The first-order valence-electron chi connectivity index (χ1n) is 7.82. The maximum absolute atomic E-state index is 12.6. The zero-order valence-corrected chi connectivity index (χ0v) is 14.3. The van der Waals surface area contributed by atoms with Crippen molar-refractivity contribution in [2.45, 2.75) is 0 Å². The second-order valence-corrected chi connectivity index (χ2v) is 5.61. The summed E-state index contributed by atoms with van der Waals surface area (Å²) in [5, 5.41) is 13.8. The molecule has 6 heteroatoms. The van der Waals surface area contributed by atoms with E-state index in [1.807, 2.05) is 24.3 Å². The molecule has 0 bridgehead atoms. The van der Waals surface area contributed by atoms with Crippen molar-refractivity contribution >= 4 is 28.3 Å². The van der Waals surface area contributed by atoms with Crippen molar-refractivity contribution in [2.24, 2.45) is 0 Å². The highest BCUT2D eigenvalue weighted by Gasteiger charge is 2.16. The SMILES string of the molecule is COc1cc(OC)cc(C(=O)Nc2cc3ccccc3cc2C(=O)O)c1. The van der Waals surface area contributed by atoms with Gasteiger partial charge in [0.2, 0.25) is 0 Å². The average Bonchev–Trinajstić information content (AvgIpc) is 2.66. The Morgan fingerprint density at radius 3 is 2.00 bits per heavy atom. The highest BCUT2D eigenvalue weighted by Crippen LogP contribution is 2.27. The number of carboxylic acids is 1. The Morgan fingerprint density at radius 2 is 1.46 bits per heavy atom. The molecule has 3 rings (SSSR count). The molecule has 3 aromatic rings. The third-order valence-corrected chi connectivity index (χ3v) is 3.98. The van der Waals surface area contributed by atoms with Crippen molar-refractivity contribution in [2.75, 3.05) is 19.5 Å². The average molecular weight is 351 g/mol. The third-order valence-electron chi connectivity index (χ3n) is 3.98. The molecule has 2 N–H and O–H groups in total. The van der Waals surface area contributed by atoms with Crippen LogP contribution in [0, 0.1) is 0 Å². The Kier molecular flexibility index (Phi) is 4.75. The summed E-state index contributed by atoms with van der Waals surface area (Å²) in [4.78, 5) is 24.2. The number of carbonyl (C=O) groups is 2. The summed E-state index contributed by atoms with van der Waals surface area (Å²) < 4.78 is 10.3. The monoisotopic (exact) mass is 351 g/mol. The van der Waals surface area contributed by atoms with Crippen molar-refractivity contribution in [1.82, 2.24) is 0 Å². The van der Waals surface area contributed by atoms with Gasteiger partial charge >= 0.3 is 5.97 Å². The van der Waals surface area contributed by atoms with Crippen LogP contribution in [0.2, 0.25) is 0 Å². The molecule has 26 heavy (non-hydrogen) atoms. The van der Waals surface area contributed by atoms with Crippen LogP contribution in [0.1, 0.15) is 20.7 Å². The standard InChI is InChI=1S/C20H17NO5/c1-25-15-7-14(8-16(11-15)26-2)19(22)21-18-10-13-6-4-3-5-12(13)9-17(18)20(23)24/h3-11H,1-2H3,(H,21,22)(H,23,24). The molecule has 0 heterocycles. The number of hydrogen-bond acceptors (Lipinski definition) is 4. The first-order valence-corrected chi connectivity index (χ1v) is 7.82. The number of carbonyl (C=O) groups excluding carboxylic acids is 1. The van der Waals surface area contributed by atoms with Gasteiger partial charge in [-0.15, -0.1) is 0 Å². The second-order valence-electron chi connectivity index (χ2n) is 5.61. The first-order chi connectivity index (χ1) is 12.5. The highest BCUT2D eigenvalue weighted by atomic mass is 16.5. The molecule has 0 spiro atoms. The number of fused-ring (bicyclic) bond motifs is 1. The molecular weight excluding hydrogens is 334 g/mol. The van der Waals surface area contributed by atoms with E-state index in [2.05, 4.69) is 5.32 Å². The Bertz CT molecular complexity index is 974. The van der Waals surface area contributed by atoms with Crippen molar-refractivity contribution < 1.29 is 24.2 Å². The van der Waals surface area contributed by atoms with Crippen LogP contribution in [0.4, 0.5) is 5.69 Å². The Hall–Kier alpha value is -3.54. The van der Waals surface area contributed by atoms with Gasteiger partial charge in [0, 0.05) is 11.6 Å². The van der Waals surface area contributed by atoms with Crippen molar-refractivity contribution in [1.29, 1.82) is 0 Å². The summed E-state index contributed by atoms with van der Waals surface area (Å²) in [5.74, 6) is -0.646. The van der Waals surface area contributed by atoms with Gasteiger partial charge in [0.25, 0.3) is 5.91 Å². The van der Waals surface area contributed by atoms with Crippen molar-refractivity contribution in [3.63, 3.8) is 0 Å². The van der Waals surface area contributed by atoms with Crippen molar-refractivity contribution in [3.05, 3.63) is 65.7 Å². The van der Waals surface area contributed by atoms with Crippen LogP contribution in [0.25, 0.3) is 10.8 Å². The first kappa shape index (κ1) is 17.3. The predicted molar refractivity (Wildman–Crippen MR) is 98.4 cm³/mol. The number of carboxylic acid groups (broad SMARTS) is 1. The lowest BCUT2D eigenvalue weighted by Crippen LogP contribution is -2.15. The van der Waals surface area contributed by atoms with E-state index in [4.69, 9.17) is 9.47 Å². The number of benzene rings is 3. The number of ether oxygens (including phenoxy) is 2. The van der Waals surface area contributed by atoms with Crippen LogP contribution in [0.5, 0.6) is 11.5 Å². The van der Waals surface area contributed by atoms with Crippen LogP contribution in [0.15, 0.2) is 54.6 Å². The minimum atomic E-state index is -1.12. The molecular formula is C20H17NO5. The van der Waals surface area contributed by atoms with E-state index in [9.17, 15) is 14.7 Å². The predicted octanol–water partition coefficient (Wildman–Crippen LogP) is 3.81. The molecule has 0 unspecified atom stereocenters. The van der Waals surface area contributed by atoms with Gasteiger partial charge in [-0.25, -0.2) is 4.79 Å². The van der Waals surface area contributed by atoms with E-state index >= 15 is 0 Å². The van der Waals surface area contributed by atoms with Gasteiger partial charge < -0.3 is 19.9 Å². The van der Waals surface area contributed by atoms with Gasteiger partial charge in [0.1, 0.15) is 11.5 Å². The van der Waals surface area contributed by atoms with E-state index < -0.39 is 11.9 Å². The fraction of sp³-hybridized carbons (Fsp3) is 0.100. The molecule has 0 aliphatic carbocycles. The number of amides is 1. The van der Waals surface area contributed by atoms with Gasteiger partial charge in [-0.05, 0) is 35.0 Å². The molecule has 0 radical (unpaired) electrons. The summed E-state index contributed by atoms with van der Waals surface area (Å²) in [7, 11) is 2.98. The van der Waals surface area contributed by atoms with E-state index in [1.54, 1.807) is 30.3 Å². The Labute approximate surface area is 150 Å². The molecule has 0 atom stereocenters. The highest BCUT2D eigenvalue weighted by molar-refractivity contribution is 6.10. The Morgan fingerprint density at radius 1 is 0.885 bits per heavy atom. The van der Waals surface area contributed by atoms with E-state index in [1.165, 1.54) is 14.2 Å². The van der Waals surface area contributed by atoms with E-state index in [-0.39, 0.29) is 11.3 Å². The molecule has 0 saturated heterocycles. The number of nitrogens with one attached hydrogen (secondary N) is 1. The van der Waals surface area contributed by atoms with Crippen LogP contribution in [0.3, 0.4) is 0 Å². The van der Waals surface area contributed by atoms with Gasteiger partial charge in [0.05, 0.1) is 25.5 Å². The van der Waals surface area contributed by atoms with Crippen LogP contribution in [-0.2, 0) is 0 Å². The lowest BCUT2D eigenvalue weighted by atomic mass is 10.0. The number of hydrogen-bond donors (Lipinski definition) is 2. The van der Waals surface area contributed by atoms with Gasteiger partial charge in [0.15, 0.2) is 0 Å². The van der Waals surface area contributed by atoms with Gasteiger partial charge in [-0.3, -0.25) is 4.79 Å². The largest absolute Gasteiger partial charge is 0.497 e. The summed E-state index contributed by atoms with van der Waals surface area (Å²) in [6.07, 6.45) is 0. The smallest absolute Gasteiger partial charge is 0.337 e. The van der Waals surface area contributed by atoms with Crippen LogP contribution in [-0.4, -0.2) is 31.2 Å². The second kappa shape index (κ2) is 7.14. The Balaban J connectivity index is 2.01. The fourth-order valence-electron chi connectivity index (χ4n) is 2.65. The topological polar surface area (TPSA) is 84.9 Å². The molecule has 0 aliphatic rings. The summed E-state index contributed by atoms with van der Waals surface area (Å²) in [5.41, 5.74) is 0.542. The molecule has 3 aromatic carbocycles. The summed E-state index contributed by atoms with van der Waals surface area (Å²) in [6.45, 7) is 0. The number of anilines is 1. The zero-order chi connectivity index (χ0) is 18.7. The molecule has 6 nitrogen and oxygen atoms in total. The fourth-order valence-corrected chi connectivity index (χ4v) is 2.65. The zero-order valence-electron chi connectivity index (χ0n) is 14.3. The minimum absolute atomic E-state index is 0.0203. The maximum Gasteiger partial charge on any atom is 0.337 e. The van der Waals surface area contributed by atoms with Gasteiger partial charge in [-0.2, -0.15) is 0 Å². The molecule has 0 fully saturated rings. The molecule has 1 amide bonds. The molecule has 0 aromatic heterocycles. The van der Waals surface area contributed by atoms with Crippen molar-refractivity contribution in [3.8, 4) is 11.5 Å². The molecule has 132 valence electrons. The minimum Gasteiger partial charge on any atom is -0.497 e. The maximum atomic E-state index is 12.6. The summed E-state index contributed by atoms with van der Waals surface area (Å²) >= 11 is 0. The van der Waals surface area contributed by atoms with E-state index in [0.29, 0.717) is 17.1 Å². The summed E-state index contributed by atoms with van der Waals surface area (Å²) in [6, 6.07) is 15.3. The van der Waals surface area contributed by atoms with Gasteiger partial charge in [-0.1, -0.05) is 24.3 Å². The van der Waals surface area contributed by atoms with Crippen LogP contribution >= 0.6 is 0 Å². The van der Waals surface area contributed by atoms with E-state index in [0.717, 1.165) is 10.8 Å². The third kappa shape index (κ3) is 3.44. The lowest BCUT2D eigenvalue weighted by Gasteiger charge is -2.12. The quantitative estimate of drug-likeness (QED) is 0.730. The number of aromatic carboxylic acids is 1. The molecule has 0 aliphatic heterocycles.